The molecular weight excluding hydrogens is 324 g/mol. The summed E-state index contributed by atoms with van der Waals surface area (Å²) in [6.45, 7) is 2.01. The molecule has 0 atom stereocenters. The van der Waals surface area contributed by atoms with E-state index in [0.29, 0.717) is 11.3 Å². The molecule has 1 rings (SSSR count). The van der Waals surface area contributed by atoms with Gasteiger partial charge in [-0.15, -0.1) is 5.92 Å². The van der Waals surface area contributed by atoms with Gasteiger partial charge in [-0.1, -0.05) is 21.9 Å². The van der Waals surface area contributed by atoms with Crippen LogP contribution in [0.4, 0.5) is 0 Å². The van der Waals surface area contributed by atoms with Crippen molar-refractivity contribution in [2.45, 2.75) is 6.92 Å². The molecule has 4 heteroatoms. The van der Waals surface area contributed by atoms with E-state index in [1.165, 1.54) is 0 Å². The largest absolute Gasteiger partial charge is 0.479 e. The molecule has 0 N–H and O–H groups in total. The molecule has 0 radical (unpaired) electrons. The minimum atomic E-state index is 0.275. The third-order valence-corrected chi connectivity index (χ3v) is 2.68. The van der Waals surface area contributed by atoms with Gasteiger partial charge in [-0.05, 0) is 35.0 Å². The lowest BCUT2D eigenvalue weighted by atomic mass is 10.2. The van der Waals surface area contributed by atoms with Gasteiger partial charge in [0.15, 0.2) is 6.29 Å². The zero-order valence-corrected chi connectivity index (χ0v) is 11.2. The third-order valence-electron chi connectivity index (χ3n) is 1.63. The second kappa shape index (κ2) is 5.94. The fourth-order valence-electron chi connectivity index (χ4n) is 1.00. The maximum Gasteiger partial charge on any atom is 0.153 e. The number of aldehydes is 1. The smallest absolute Gasteiger partial charge is 0.153 e. The second-order valence-electron chi connectivity index (χ2n) is 2.64. The van der Waals surface area contributed by atoms with Crippen molar-refractivity contribution in [2.24, 2.45) is 0 Å². The van der Waals surface area contributed by atoms with Gasteiger partial charge in [0.2, 0.25) is 0 Å². The number of hydrogen-bond acceptors (Lipinski definition) is 2. The molecule has 0 spiro atoms. The molecule has 0 aliphatic rings. The first kappa shape index (κ1) is 12.3. The first-order valence-electron chi connectivity index (χ1n) is 4.15. The predicted octanol–water partition coefficient (Wildman–Crippen LogP) is 3.43. The van der Waals surface area contributed by atoms with Crippen molar-refractivity contribution >= 4 is 38.1 Å². The number of rotatable bonds is 3. The molecule has 0 bridgehead atoms. The zero-order chi connectivity index (χ0) is 11.3. The van der Waals surface area contributed by atoms with Gasteiger partial charge in [0.1, 0.15) is 12.4 Å². The Labute approximate surface area is 105 Å². The van der Waals surface area contributed by atoms with Crippen molar-refractivity contribution in [3.63, 3.8) is 0 Å². The molecule has 0 saturated heterocycles. The first-order valence-corrected chi connectivity index (χ1v) is 5.74. The number of halogens is 2. The number of carbonyl (C=O) groups is 1. The van der Waals surface area contributed by atoms with Crippen molar-refractivity contribution in [3.8, 4) is 17.6 Å². The van der Waals surface area contributed by atoms with E-state index in [1.807, 2.05) is 6.07 Å². The normalized spacial score (nSPS) is 9.00. The van der Waals surface area contributed by atoms with Crippen LogP contribution in [0, 0.1) is 11.8 Å². The monoisotopic (exact) mass is 330 g/mol. The number of carbonyl (C=O) groups excluding carboxylic acids is 1. The van der Waals surface area contributed by atoms with Crippen molar-refractivity contribution in [1.82, 2.24) is 0 Å². The fourth-order valence-corrected chi connectivity index (χ4v) is 2.37. The molecule has 15 heavy (non-hydrogen) atoms. The van der Waals surface area contributed by atoms with Crippen LogP contribution in [0.2, 0.25) is 0 Å². The highest BCUT2D eigenvalue weighted by Gasteiger charge is 2.08. The first-order chi connectivity index (χ1) is 7.19. The number of hydrogen-bond donors (Lipinski definition) is 0. The van der Waals surface area contributed by atoms with Crippen molar-refractivity contribution in [2.75, 3.05) is 6.61 Å². The molecule has 1 aromatic rings. The summed E-state index contributed by atoms with van der Waals surface area (Å²) in [6, 6.07) is 3.52. The average molecular weight is 332 g/mol. The topological polar surface area (TPSA) is 26.3 Å². The number of ether oxygens (including phenoxy) is 1. The van der Waals surface area contributed by atoms with Gasteiger partial charge in [-0.25, -0.2) is 0 Å². The summed E-state index contributed by atoms with van der Waals surface area (Å²) in [5, 5.41) is 0. The Hall–Kier alpha value is -0.790. The third kappa shape index (κ3) is 3.37. The molecule has 0 heterocycles. The average Bonchev–Trinajstić information content (AvgIpc) is 2.20. The second-order valence-corrected chi connectivity index (χ2v) is 4.41. The van der Waals surface area contributed by atoms with Crippen LogP contribution in [0.15, 0.2) is 21.1 Å². The molecule has 0 aliphatic carbocycles. The Morgan fingerprint density at radius 3 is 2.80 bits per heavy atom. The maximum absolute atomic E-state index is 10.8. The van der Waals surface area contributed by atoms with E-state index >= 15 is 0 Å². The van der Waals surface area contributed by atoms with Crippen LogP contribution in [0.25, 0.3) is 0 Å². The Kier molecular flexibility index (Phi) is 4.86. The lowest BCUT2D eigenvalue weighted by Gasteiger charge is -2.08. The van der Waals surface area contributed by atoms with E-state index in [4.69, 9.17) is 4.74 Å². The van der Waals surface area contributed by atoms with Crippen LogP contribution >= 0.6 is 31.9 Å². The van der Waals surface area contributed by atoms with Gasteiger partial charge in [0.05, 0.1) is 10.0 Å². The van der Waals surface area contributed by atoms with E-state index in [1.54, 1.807) is 13.0 Å². The Balaban J connectivity index is 3.02. The predicted molar refractivity (Wildman–Crippen MR) is 66.2 cm³/mol. The minimum absolute atomic E-state index is 0.275. The van der Waals surface area contributed by atoms with E-state index in [9.17, 15) is 4.79 Å². The summed E-state index contributed by atoms with van der Waals surface area (Å²) < 4.78 is 6.94. The lowest BCUT2D eigenvalue weighted by molar-refractivity contribution is 0.112. The van der Waals surface area contributed by atoms with Gasteiger partial charge in [0, 0.05) is 4.47 Å². The lowest BCUT2D eigenvalue weighted by Crippen LogP contribution is -1.98. The van der Waals surface area contributed by atoms with Crippen LogP contribution in [-0.4, -0.2) is 12.9 Å². The summed E-state index contributed by atoms with van der Waals surface area (Å²) in [5.41, 5.74) is 0.495. The van der Waals surface area contributed by atoms with E-state index in [0.717, 1.165) is 15.2 Å². The highest BCUT2D eigenvalue weighted by atomic mass is 79.9. The summed E-state index contributed by atoms with van der Waals surface area (Å²) in [4.78, 5) is 10.8. The van der Waals surface area contributed by atoms with E-state index in [2.05, 4.69) is 43.7 Å². The molecule has 1 aromatic carbocycles. The zero-order valence-electron chi connectivity index (χ0n) is 8.01. The van der Waals surface area contributed by atoms with Crippen molar-refractivity contribution in [1.29, 1.82) is 0 Å². The summed E-state index contributed by atoms with van der Waals surface area (Å²) in [5.74, 6) is 6.01. The fraction of sp³-hybridized carbons (Fsp3) is 0.182. The van der Waals surface area contributed by atoms with E-state index in [-0.39, 0.29) is 6.61 Å². The maximum atomic E-state index is 10.8. The molecule has 78 valence electrons. The Morgan fingerprint density at radius 2 is 2.20 bits per heavy atom. The SMILES string of the molecule is CC#CCOc1c(Br)cc(Br)cc1C=O. The van der Waals surface area contributed by atoms with Crippen molar-refractivity contribution in [3.05, 3.63) is 26.6 Å². The molecule has 0 fully saturated rings. The van der Waals surface area contributed by atoms with Crippen LogP contribution in [0.3, 0.4) is 0 Å². The molecule has 2 nitrogen and oxygen atoms in total. The highest BCUT2D eigenvalue weighted by molar-refractivity contribution is 9.11. The van der Waals surface area contributed by atoms with Gasteiger partial charge in [-0.3, -0.25) is 4.79 Å². The molecule has 0 aliphatic heterocycles. The Bertz CT molecular complexity index is 430. The minimum Gasteiger partial charge on any atom is -0.479 e. The molecule has 0 amide bonds. The van der Waals surface area contributed by atoms with Gasteiger partial charge in [-0.2, -0.15) is 0 Å². The van der Waals surface area contributed by atoms with Crippen molar-refractivity contribution < 1.29 is 9.53 Å². The summed E-state index contributed by atoms with van der Waals surface area (Å²) >= 11 is 6.63. The molecule has 0 saturated carbocycles. The van der Waals surface area contributed by atoms with E-state index < -0.39 is 0 Å². The Morgan fingerprint density at radius 1 is 1.47 bits per heavy atom. The van der Waals surface area contributed by atoms with Crippen LogP contribution in [0.5, 0.6) is 5.75 Å². The quantitative estimate of drug-likeness (QED) is 0.626. The summed E-state index contributed by atoms with van der Waals surface area (Å²) in [7, 11) is 0. The van der Waals surface area contributed by atoms with Crippen LogP contribution in [-0.2, 0) is 0 Å². The van der Waals surface area contributed by atoms with Gasteiger partial charge < -0.3 is 4.74 Å². The molecule has 0 unspecified atom stereocenters. The number of benzene rings is 1. The van der Waals surface area contributed by atoms with Gasteiger partial charge in [0.25, 0.3) is 0 Å². The summed E-state index contributed by atoms with van der Waals surface area (Å²) in [6.07, 6.45) is 0.754. The van der Waals surface area contributed by atoms with Gasteiger partial charge >= 0.3 is 0 Å². The van der Waals surface area contributed by atoms with Crippen LogP contribution < -0.4 is 4.74 Å². The molecular formula is C11H8Br2O2. The standard InChI is InChI=1S/C11H8Br2O2/c1-2-3-4-15-11-8(7-14)5-9(12)6-10(11)13/h5-7H,4H2,1H3. The molecule has 0 aromatic heterocycles. The van der Waals surface area contributed by atoms with Crippen LogP contribution in [0.1, 0.15) is 17.3 Å². The highest BCUT2D eigenvalue weighted by Crippen LogP contribution is 2.31.